The number of hydrogen-bond donors (Lipinski definition) is 0. The number of nitrogens with zero attached hydrogens (tertiary/aromatic N) is 1. The molecule has 0 amide bonds. The van der Waals surface area contributed by atoms with Gasteiger partial charge in [-0.05, 0) is 32.9 Å². The number of rotatable bonds is 3. The standard InChI is InChI=1S/C17H19NO/c1-5-16-15(11-12(3)13(4)19)14-9-7-8-10-17(14)18(16)6-2/h5,7-11H,3,6H2,1-2,4H3/b15-11-,16-5+. The van der Waals surface area contributed by atoms with Crippen LogP contribution in [0.5, 0.6) is 0 Å². The Labute approximate surface area is 113 Å². The molecule has 1 aromatic heterocycles. The van der Waals surface area contributed by atoms with Gasteiger partial charge in [0.2, 0.25) is 0 Å². The van der Waals surface area contributed by atoms with Crippen LogP contribution < -0.4 is 10.6 Å². The predicted molar refractivity (Wildman–Crippen MR) is 81.3 cm³/mol. The van der Waals surface area contributed by atoms with E-state index in [9.17, 15) is 4.79 Å². The molecule has 19 heavy (non-hydrogen) atoms. The summed E-state index contributed by atoms with van der Waals surface area (Å²) in [5.41, 5.74) is 1.74. The Bertz CT molecular complexity index is 762. The topological polar surface area (TPSA) is 22.0 Å². The first-order chi connectivity index (χ1) is 9.10. The Hall–Kier alpha value is -2.09. The largest absolute Gasteiger partial charge is 0.341 e. The summed E-state index contributed by atoms with van der Waals surface area (Å²) in [4.78, 5) is 11.4. The molecule has 0 N–H and O–H groups in total. The molecule has 2 nitrogen and oxygen atoms in total. The fourth-order valence-corrected chi connectivity index (χ4v) is 2.43. The maximum atomic E-state index is 11.4. The minimum atomic E-state index is 0.00961. The number of benzene rings is 1. The number of para-hydroxylation sites is 1. The van der Waals surface area contributed by atoms with Crippen LogP contribution in [0.4, 0.5) is 0 Å². The van der Waals surface area contributed by atoms with Gasteiger partial charge in [-0.25, -0.2) is 0 Å². The molecule has 0 aliphatic heterocycles. The van der Waals surface area contributed by atoms with Gasteiger partial charge < -0.3 is 4.57 Å². The van der Waals surface area contributed by atoms with Gasteiger partial charge in [0, 0.05) is 33.6 Å². The van der Waals surface area contributed by atoms with E-state index in [0.29, 0.717) is 5.57 Å². The van der Waals surface area contributed by atoms with Gasteiger partial charge >= 0.3 is 0 Å². The first-order valence-electron chi connectivity index (χ1n) is 6.55. The molecule has 1 aromatic carbocycles. The summed E-state index contributed by atoms with van der Waals surface area (Å²) in [6.07, 6.45) is 3.98. The highest BCUT2D eigenvalue weighted by atomic mass is 16.1. The zero-order valence-electron chi connectivity index (χ0n) is 11.7. The van der Waals surface area contributed by atoms with Crippen molar-refractivity contribution >= 4 is 28.8 Å². The fraction of sp³-hybridized carbons (Fsp3) is 0.235. The molecule has 0 radical (unpaired) electrons. The van der Waals surface area contributed by atoms with Crippen molar-refractivity contribution in [2.75, 3.05) is 0 Å². The second kappa shape index (κ2) is 5.27. The second-order valence-electron chi connectivity index (χ2n) is 4.57. The number of carbonyl (C=O) groups excluding carboxylic acids is 1. The highest BCUT2D eigenvalue weighted by molar-refractivity contribution is 6.01. The van der Waals surface area contributed by atoms with Crippen molar-refractivity contribution in [3.8, 4) is 0 Å². The van der Waals surface area contributed by atoms with Crippen molar-refractivity contribution in [2.24, 2.45) is 0 Å². The van der Waals surface area contributed by atoms with Crippen molar-refractivity contribution < 1.29 is 4.79 Å². The van der Waals surface area contributed by atoms with Gasteiger partial charge in [0.25, 0.3) is 0 Å². The van der Waals surface area contributed by atoms with E-state index < -0.39 is 0 Å². The number of allylic oxidation sites excluding steroid dienone is 1. The summed E-state index contributed by atoms with van der Waals surface area (Å²) in [5.74, 6) is 0.00961. The van der Waals surface area contributed by atoms with Crippen LogP contribution in [0.3, 0.4) is 0 Å². The molecule has 0 unspecified atom stereocenters. The minimum absolute atomic E-state index is 0.00961. The predicted octanol–water partition coefficient (Wildman–Crippen LogP) is 2.39. The molecule has 0 atom stereocenters. The Morgan fingerprint density at radius 3 is 2.63 bits per heavy atom. The molecule has 98 valence electrons. The summed E-state index contributed by atoms with van der Waals surface area (Å²) in [6, 6.07) is 8.26. The molecular weight excluding hydrogens is 234 g/mol. The Balaban J connectivity index is 2.95. The highest BCUT2D eigenvalue weighted by Crippen LogP contribution is 2.08. The molecule has 0 fully saturated rings. The van der Waals surface area contributed by atoms with E-state index in [1.807, 2.05) is 25.1 Å². The van der Waals surface area contributed by atoms with Crippen molar-refractivity contribution in [3.05, 3.63) is 47.0 Å². The SMILES string of the molecule is C=C(/C=c1\c(=C/C)n(CC)c2ccccc12)C(C)=O. The summed E-state index contributed by atoms with van der Waals surface area (Å²) in [7, 11) is 0. The number of fused-ring (bicyclic) bond motifs is 1. The monoisotopic (exact) mass is 253 g/mol. The van der Waals surface area contributed by atoms with Crippen LogP contribution in [-0.2, 0) is 11.3 Å². The van der Waals surface area contributed by atoms with E-state index >= 15 is 0 Å². The van der Waals surface area contributed by atoms with E-state index in [0.717, 1.165) is 17.1 Å². The van der Waals surface area contributed by atoms with E-state index in [1.165, 1.54) is 10.9 Å². The number of hydrogen-bond acceptors (Lipinski definition) is 1. The molecule has 0 spiro atoms. The smallest absolute Gasteiger partial charge is 0.159 e. The quantitative estimate of drug-likeness (QED) is 0.770. The van der Waals surface area contributed by atoms with E-state index in [4.69, 9.17) is 0 Å². The zero-order valence-corrected chi connectivity index (χ0v) is 11.7. The molecule has 1 heterocycles. The van der Waals surface area contributed by atoms with E-state index in [-0.39, 0.29) is 5.78 Å². The molecule has 2 aromatic rings. The molecule has 2 heteroatoms. The van der Waals surface area contributed by atoms with Gasteiger partial charge in [-0.1, -0.05) is 30.9 Å². The molecule has 2 rings (SSSR count). The van der Waals surface area contributed by atoms with Crippen LogP contribution in [0.1, 0.15) is 20.8 Å². The van der Waals surface area contributed by atoms with Crippen LogP contribution in [-0.4, -0.2) is 10.4 Å². The number of aryl methyl sites for hydroxylation is 1. The van der Waals surface area contributed by atoms with Gasteiger partial charge in [0.15, 0.2) is 5.78 Å². The summed E-state index contributed by atoms with van der Waals surface area (Å²) in [5, 5.41) is 3.39. The van der Waals surface area contributed by atoms with Crippen molar-refractivity contribution in [1.82, 2.24) is 4.57 Å². The minimum Gasteiger partial charge on any atom is -0.341 e. The summed E-state index contributed by atoms with van der Waals surface area (Å²) >= 11 is 0. The third-order valence-corrected chi connectivity index (χ3v) is 3.41. The van der Waals surface area contributed by atoms with Crippen molar-refractivity contribution in [3.63, 3.8) is 0 Å². The van der Waals surface area contributed by atoms with Gasteiger partial charge in [-0.2, -0.15) is 0 Å². The highest BCUT2D eigenvalue weighted by Gasteiger charge is 2.06. The third kappa shape index (κ3) is 2.26. The lowest BCUT2D eigenvalue weighted by molar-refractivity contribution is -0.113. The lowest BCUT2D eigenvalue weighted by Crippen LogP contribution is -2.29. The number of carbonyl (C=O) groups is 1. The molecule has 0 saturated carbocycles. The van der Waals surface area contributed by atoms with Crippen molar-refractivity contribution in [1.29, 1.82) is 0 Å². The molecule has 0 aliphatic carbocycles. The van der Waals surface area contributed by atoms with Gasteiger partial charge in [-0.15, -0.1) is 0 Å². The zero-order chi connectivity index (χ0) is 14.0. The number of aromatic nitrogens is 1. The first kappa shape index (κ1) is 13.3. The van der Waals surface area contributed by atoms with Crippen LogP contribution >= 0.6 is 0 Å². The number of ketones is 1. The van der Waals surface area contributed by atoms with E-state index in [1.54, 1.807) is 6.92 Å². The average molecular weight is 253 g/mol. The molecular formula is C17H19NO. The average Bonchev–Trinajstić information content (AvgIpc) is 2.72. The molecule has 0 bridgehead atoms. The summed E-state index contributed by atoms with van der Waals surface area (Å²) in [6.45, 7) is 10.4. The van der Waals surface area contributed by atoms with E-state index in [2.05, 4.69) is 36.3 Å². The lowest BCUT2D eigenvalue weighted by Gasteiger charge is -2.00. The third-order valence-electron chi connectivity index (χ3n) is 3.41. The second-order valence-corrected chi connectivity index (χ2v) is 4.57. The van der Waals surface area contributed by atoms with Gasteiger partial charge in [0.1, 0.15) is 0 Å². The maximum Gasteiger partial charge on any atom is 0.159 e. The lowest BCUT2D eigenvalue weighted by atomic mass is 10.1. The first-order valence-corrected chi connectivity index (χ1v) is 6.55. The molecule has 0 aliphatic rings. The normalized spacial score (nSPS) is 13.2. The van der Waals surface area contributed by atoms with Crippen LogP contribution in [0.25, 0.3) is 23.1 Å². The number of Topliss-reactive ketones (excluding diaryl/α,β-unsaturated/α-hetero) is 1. The van der Waals surface area contributed by atoms with Crippen molar-refractivity contribution in [2.45, 2.75) is 27.3 Å². The summed E-state index contributed by atoms with van der Waals surface area (Å²) < 4.78 is 2.26. The maximum absolute atomic E-state index is 11.4. The van der Waals surface area contributed by atoms with Crippen LogP contribution in [0.2, 0.25) is 0 Å². The van der Waals surface area contributed by atoms with Gasteiger partial charge in [-0.3, -0.25) is 4.79 Å². The molecule has 0 saturated heterocycles. The Kier molecular flexibility index (Phi) is 3.70. The van der Waals surface area contributed by atoms with Crippen LogP contribution in [0, 0.1) is 0 Å². The van der Waals surface area contributed by atoms with Gasteiger partial charge in [0.05, 0.1) is 0 Å². The fourth-order valence-electron chi connectivity index (χ4n) is 2.43. The Morgan fingerprint density at radius 2 is 2.05 bits per heavy atom. The Morgan fingerprint density at radius 1 is 1.37 bits per heavy atom. The van der Waals surface area contributed by atoms with Crippen LogP contribution in [0.15, 0.2) is 36.4 Å².